The molecule has 0 atom stereocenters. The van der Waals surface area contributed by atoms with Gasteiger partial charge in [0, 0.05) is 23.5 Å². The van der Waals surface area contributed by atoms with Gasteiger partial charge in [-0.3, -0.25) is 4.79 Å². The third-order valence-electron chi connectivity index (χ3n) is 4.23. The lowest BCUT2D eigenvalue weighted by Crippen LogP contribution is -2.16. The van der Waals surface area contributed by atoms with Crippen molar-refractivity contribution in [2.24, 2.45) is 0 Å². The Morgan fingerprint density at radius 3 is 2.53 bits per heavy atom. The van der Waals surface area contributed by atoms with Gasteiger partial charge < -0.3 is 5.32 Å². The van der Waals surface area contributed by atoms with Gasteiger partial charge in [0.25, 0.3) is 5.91 Å². The fourth-order valence-corrected chi connectivity index (χ4v) is 2.77. The Balaban J connectivity index is 1.85. The highest BCUT2D eigenvalue weighted by atomic mass is 19.1. The molecule has 0 saturated heterocycles. The highest BCUT2D eigenvalue weighted by Gasteiger charge is 2.19. The summed E-state index contributed by atoms with van der Waals surface area (Å²) in [4.78, 5) is 16.2. The van der Waals surface area contributed by atoms with Crippen LogP contribution in [0.4, 0.5) is 19.0 Å². The van der Waals surface area contributed by atoms with Crippen LogP contribution in [-0.4, -0.2) is 20.7 Å². The maximum atomic E-state index is 14.0. The average Bonchev–Trinajstić information content (AvgIpc) is 3.10. The van der Waals surface area contributed by atoms with Crippen LogP contribution in [-0.2, 0) is 4.79 Å². The normalized spacial score (nSPS) is 11.6. The van der Waals surface area contributed by atoms with Gasteiger partial charge in [-0.2, -0.15) is 5.10 Å². The zero-order chi connectivity index (χ0) is 21.8. The molecule has 2 aromatic heterocycles. The van der Waals surface area contributed by atoms with Gasteiger partial charge in [0.2, 0.25) is 0 Å². The number of halogens is 3. The van der Waals surface area contributed by atoms with Gasteiger partial charge in [-0.15, -0.1) is 0 Å². The van der Waals surface area contributed by atoms with E-state index in [1.807, 2.05) is 0 Å². The monoisotopic (exact) mass is 410 g/mol. The van der Waals surface area contributed by atoms with Crippen molar-refractivity contribution in [3.63, 3.8) is 0 Å². The van der Waals surface area contributed by atoms with Crippen molar-refractivity contribution in [1.82, 2.24) is 14.8 Å². The summed E-state index contributed by atoms with van der Waals surface area (Å²) in [7, 11) is 0. The molecule has 0 aliphatic heterocycles. The predicted octanol–water partition coefficient (Wildman–Crippen LogP) is 5.21. The Bertz CT molecular complexity index is 1160. The number of para-hydroxylation sites is 1. The van der Waals surface area contributed by atoms with E-state index in [-0.39, 0.29) is 5.82 Å². The van der Waals surface area contributed by atoms with Crippen molar-refractivity contribution in [3.8, 4) is 16.8 Å². The average molecular weight is 410 g/mol. The van der Waals surface area contributed by atoms with Crippen LogP contribution in [0.1, 0.15) is 5.69 Å². The van der Waals surface area contributed by atoms with Gasteiger partial charge in [0.1, 0.15) is 34.5 Å². The molecule has 0 bridgehead atoms. The van der Waals surface area contributed by atoms with Crippen molar-refractivity contribution in [2.45, 2.75) is 6.92 Å². The molecule has 5 nitrogen and oxygen atoms in total. The summed E-state index contributed by atoms with van der Waals surface area (Å²) >= 11 is 0. The number of hydrogen-bond donors (Lipinski definition) is 1. The molecule has 1 N–H and O–H groups in total. The van der Waals surface area contributed by atoms with E-state index in [2.05, 4.69) is 28.6 Å². The maximum Gasteiger partial charge on any atom is 0.262 e. The first-order valence-electron chi connectivity index (χ1n) is 8.77. The van der Waals surface area contributed by atoms with Crippen molar-refractivity contribution in [2.75, 3.05) is 5.32 Å². The number of pyridine rings is 1. The molecule has 0 unspecified atom stereocenters. The summed E-state index contributed by atoms with van der Waals surface area (Å²) < 4.78 is 42.5. The molecule has 1 amide bonds. The van der Waals surface area contributed by atoms with Crippen molar-refractivity contribution < 1.29 is 18.0 Å². The van der Waals surface area contributed by atoms with Crippen LogP contribution in [0.25, 0.3) is 16.8 Å². The second kappa shape index (κ2) is 8.60. The first-order valence-corrected chi connectivity index (χ1v) is 8.77. The second-order valence-corrected chi connectivity index (χ2v) is 6.24. The Labute approximate surface area is 170 Å². The standard InChI is InChI=1S/C22H17F3N4O/c1-4-17(24)21(13(2)23)22(30)27-20-10-9-15(11-26-20)16-12-29(28-14(16)3)19-8-6-5-7-18(19)25/h4-12H,1-2H2,3H3,(H,26,27,30)/b21-17-. The number of carbonyl (C=O) groups excluding carboxylic acids is 1. The molecule has 2 heterocycles. The molecule has 30 heavy (non-hydrogen) atoms. The molecular formula is C22H17F3N4O. The molecule has 0 spiro atoms. The van der Waals surface area contributed by atoms with Crippen LogP contribution in [0.3, 0.4) is 0 Å². The van der Waals surface area contributed by atoms with E-state index in [1.165, 1.54) is 23.0 Å². The van der Waals surface area contributed by atoms with E-state index in [4.69, 9.17) is 0 Å². The van der Waals surface area contributed by atoms with E-state index in [1.54, 1.807) is 37.4 Å². The highest BCUT2D eigenvalue weighted by Crippen LogP contribution is 2.25. The molecule has 0 aliphatic rings. The number of hydrogen-bond acceptors (Lipinski definition) is 3. The van der Waals surface area contributed by atoms with Gasteiger partial charge in [-0.25, -0.2) is 22.8 Å². The summed E-state index contributed by atoms with van der Waals surface area (Å²) in [6.07, 6.45) is 3.84. The van der Waals surface area contributed by atoms with Crippen LogP contribution >= 0.6 is 0 Å². The number of rotatable bonds is 6. The highest BCUT2D eigenvalue weighted by molar-refractivity contribution is 6.06. The Morgan fingerprint density at radius 1 is 1.20 bits per heavy atom. The lowest BCUT2D eigenvalue weighted by Gasteiger charge is -2.07. The molecular weight excluding hydrogens is 393 g/mol. The molecule has 0 aliphatic carbocycles. The van der Waals surface area contributed by atoms with E-state index in [0.29, 0.717) is 28.6 Å². The zero-order valence-electron chi connectivity index (χ0n) is 16.0. The van der Waals surface area contributed by atoms with E-state index < -0.39 is 29.0 Å². The fraction of sp³-hybridized carbons (Fsp3) is 0.0455. The summed E-state index contributed by atoms with van der Waals surface area (Å²) in [5.74, 6) is -3.72. The topological polar surface area (TPSA) is 59.8 Å². The van der Waals surface area contributed by atoms with Gasteiger partial charge in [0.15, 0.2) is 0 Å². The predicted molar refractivity (Wildman–Crippen MR) is 109 cm³/mol. The molecule has 0 fully saturated rings. The van der Waals surface area contributed by atoms with Crippen LogP contribution in [0.2, 0.25) is 0 Å². The van der Waals surface area contributed by atoms with E-state index >= 15 is 0 Å². The molecule has 1 aromatic carbocycles. The van der Waals surface area contributed by atoms with Crippen LogP contribution < -0.4 is 5.32 Å². The maximum absolute atomic E-state index is 14.0. The lowest BCUT2D eigenvalue weighted by atomic mass is 10.1. The first-order chi connectivity index (χ1) is 14.3. The van der Waals surface area contributed by atoms with Crippen LogP contribution in [0.5, 0.6) is 0 Å². The molecule has 152 valence electrons. The van der Waals surface area contributed by atoms with Gasteiger partial charge in [-0.05, 0) is 37.3 Å². The summed E-state index contributed by atoms with van der Waals surface area (Å²) in [6.45, 7) is 7.89. The summed E-state index contributed by atoms with van der Waals surface area (Å²) in [5.41, 5.74) is 1.47. The number of anilines is 1. The minimum absolute atomic E-state index is 0.0820. The number of benzene rings is 1. The van der Waals surface area contributed by atoms with E-state index in [9.17, 15) is 18.0 Å². The number of carbonyl (C=O) groups is 1. The largest absolute Gasteiger partial charge is 0.306 e. The third-order valence-corrected chi connectivity index (χ3v) is 4.23. The van der Waals surface area contributed by atoms with Crippen molar-refractivity contribution >= 4 is 11.7 Å². The fourth-order valence-electron chi connectivity index (χ4n) is 2.77. The molecule has 8 heteroatoms. The van der Waals surface area contributed by atoms with Crippen LogP contribution in [0.15, 0.2) is 85.3 Å². The number of aromatic nitrogens is 3. The van der Waals surface area contributed by atoms with Gasteiger partial charge in [-0.1, -0.05) is 25.3 Å². The molecule has 0 saturated carbocycles. The van der Waals surface area contributed by atoms with Crippen molar-refractivity contribution in [3.05, 3.63) is 96.8 Å². The zero-order valence-corrected chi connectivity index (χ0v) is 16.0. The SMILES string of the molecule is C=C/C(F)=C(\C(=C)F)C(=O)Nc1ccc(-c2cn(-c3ccccc3F)nc2C)cn1. The molecule has 0 radical (unpaired) electrons. The first kappa shape index (κ1) is 20.8. The lowest BCUT2D eigenvalue weighted by molar-refractivity contribution is -0.112. The Morgan fingerprint density at radius 2 is 1.93 bits per heavy atom. The quantitative estimate of drug-likeness (QED) is 0.448. The Hall–Kier alpha value is -3.94. The van der Waals surface area contributed by atoms with E-state index in [0.717, 1.165) is 0 Å². The number of nitrogens with one attached hydrogen (secondary N) is 1. The van der Waals surface area contributed by atoms with Crippen molar-refractivity contribution in [1.29, 1.82) is 0 Å². The Kier molecular flexibility index (Phi) is 5.96. The molecule has 3 aromatic rings. The van der Waals surface area contributed by atoms with Gasteiger partial charge >= 0.3 is 0 Å². The van der Waals surface area contributed by atoms with Gasteiger partial charge in [0.05, 0.1) is 5.69 Å². The number of nitrogens with zero attached hydrogens (tertiary/aromatic N) is 3. The second-order valence-electron chi connectivity index (χ2n) is 6.24. The minimum atomic E-state index is -1.22. The smallest absolute Gasteiger partial charge is 0.262 e. The molecule has 3 rings (SSSR count). The van der Waals surface area contributed by atoms with Crippen LogP contribution in [0, 0.1) is 12.7 Å². The third kappa shape index (κ3) is 4.22. The summed E-state index contributed by atoms with van der Waals surface area (Å²) in [6, 6.07) is 9.36. The minimum Gasteiger partial charge on any atom is -0.306 e. The number of allylic oxidation sites excluding steroid dienone is 2. The number of amides is 1. The summed E-state index contributed by atoms with van der Waals surface area (Å²) in [5, 5.41) is 6.63. The number of aryl methyl sites for hydroxylation is 1.